The van der Waals surface area contributed by atoms with Crippen LogP contribution in [0.1, 0.15) is 80.4 Å². The minimum atomic E-state index is -2.64. The van der Waals surface area contributed by atoms with E-state index >= 15 is 0 Å². The summed E-state index contributed by atoms with van der Waals surface area (Å²) in [6.45, 7) is 6.23. The molecule has 0 aliphatic heterocycles. The van der Waals surface area contributed by atoms with Crippen LogP contribution in [0.2, 0.25) is 0 Å². The lowest BCUT2D eigenvalue weighted by Gasteiger charge is -2.35. The second-order valence-electron chi connectivity index (χ2n) is 10.9. The summed E-state index contributed by atoms with van der Waals surface area (Å²) in [6, 6.07) is 4.42. The molecule has 2 saturated carbocycles. The molecule has 3 aromatic rings. The van der Waals surface area contributed by atoms with Crippen molar-refractivity contribution in [2.45, 2.75) is 77.8 Å². The fraction of sp³-hybridized carbons (Fsp3) is 0.517. The Kier molecular flexibility index (Phi) is 7.81. The van der Waals surface area contributed by atoms with Crippen molar-refractivity contribution in [2.75, 3.05) is 6.61 Å². The second-order valence-corrected chi connectivity index (χ2v) is 10.9. The van der Waals surface area contributed by atoms with Crippen LogP contribution in [0.15, 0.2) is 24.5 Å². The molecule has 2 aliphatic rings. The Morgan fingerprint density at radius 3 is 2.64 bits per heavy atom. The van der Waals surface area contributed by atoms with Crippen molar-refractivity contribution in [3.63, 3.8) is 0 Å². The number of carbonyl (C=O) groups excluding carboxylic acids is 2. The Hall–Kier alpha value is -3.56. The van der Waals surface area contributed by atoms with Crippen molar-refractivity contribution in [1.29, 1.82) is 0 Å². The van der Waals surface area contributed by atoms with E-state index in [1.165, 1.54) is 18.5 Å². The molecule has 0 spiro atoms. The molecular weight excluding hydrogens is 504 g/mol. The number of nitrogens with one attached hydrogen (secondary N) is 3. The smallest absolute Gasteiger partial charge is 0.263 e. The quantitative estimate of drug-likeness (QED) is 0.334. The highest BCUT2D eigenvalue weighted by atomic mass is 19.3. The lowest BCUT2D eigenvalue weighted by Crippen LogP contribution is -2.48. The Morgan fingerprint density at radius 2 is 1.95 bits per heavy atom. The van der Waals surface area contributed by atoms with Crippen molar-refractivity contribution in [2.24, 2.45) is 11.8 Å². The number of amides is 2. The van der Waals surface area contributed by atoms with E-state index in [4.69, 9.17) is 4.74 Å². The molecule has 0 bridgehead atoms. The van der Waals surface area contributed by atoms with Gasteiger partial charge in [0.25, 0.3) is 12.3 Å². The number of fused-ring (bicyclic) bond motifs is 1. The lowest BCUT2D eigenvalue weighted by molar-refractivity contribution is -0.121. The number of benzene rings is 1. The van der Waals surface area contributed by atoms with E-state index in [1.54, 1.807) is 13.0 Å². The molecule has 2 aromatic heterocycles. The fourth-order valence-electron chi connectivity index (χ4n) is 5.40. The molecule has 39 heavy (non-hydrogen) atoms. The highest BCUT2D eigenvalue weighted by molar-refractivity contribution is 6.09. The van der Waals surface area contributed by atoms with Gasteiger partial charge >= 0.3 is 0 Å². The molecule has 2 heterocycles. The normalized spacial score (nSPS) is 21.2. The summed E-state index contributed by atoms with van der Waals surface area (Å²) in [5, 5.41) is 6.23. The second kappa shape index (κ2) is 11.3. The average molecular weight is 540 g/mol. The predicted octanol–water partition coefficient (Wildman–Crippen LogP) is 5.47. The fourth-order valence-corrected chi connectivity index (χ4v) is 5.40. The minimum absolute atomic E-state index is 0.0388. The maximum atomic E-state index is 13.6. The number of nitrogens with zero attached hydrogens (tertiary/aromatic N) is 2. The average Bonchev–Trinajstić information content (AvgIpc) is 3.68. The van der Waals surface area contributed by atoms with Crippen molar-refractivity contribution in [1.82, 2.24) is 25.6 Å². The van der Waals surface area contributed by atoms with Gasteiger partial charge in [-0.05, 0) is 69.1 Å². The Morgan fingerprint density at radius 1 is 1.15 bits per heavy atom. The number of hydrogen-bond donors (Lipinski definition) is 3. The zero-order valence-electron chi connectivity index (χ0n) is 22.5. The third-order valence-electron chi connectivity index (χ3n) is 7.85. The molecule has 208 valence electrons. The number of ether oxygens (including phenoxy) is 1. The zero-order valence-corrected chi connectivity index (χ0v) is 22.5. The van der Waals surface area contributed by atoms with E-state index in [-0.39, 0.29) is 35.4 Å². The summed E-state index contributed by atoms with van der Waals surface area (Å²) in [5.74, 6) is 0.943. The summed E-state index contributed by atoms with van der Waals surface area (Å²) in [6.07, 6.45) is 3.71. The molecule has 0 unspecified atom stereocenters. The van der Waals surface area contributed by atoms with E-state index in [0.717, 1.165) is 32.1 Å². The van der Waals surface area contributed by atoms with Gasteiger partial charge < -0.3 is 20.4 Å². The molecular formula is C29H35F2N5O3. The van der Waals surface area contributed by atoms with Gasteiger partial charge in [0.05, 0.1) is 17.7 Å². The first-order chi connectivity index (χ1) is 18.7. The Balaban J connectivity index is 1.42. The first kappa shape index (κ1) is 27.0. The van der Waals surface area contributed by atoms with Crippen LogP contribution in [0.4, 0.5) is 8.78 Å². The summed E-state index contributed by atoms with van der Waals surface area (Å²) >= 11 is 0. The van der Waals surface area contributed by atoms with Gasteiger partial charge in [0, 0.05) is 35.3 Å². The van der Waals surface area contributed by atoms with Gasteiger partial charge in [-0.15, -0.1) is 0 Å². The molecule has 1 aromatic carbocycles. The number of aromatic nitrogens is 3. The molecule has 2 aliphatic carbocycles. The van der Waals surface area contributed by atoms with Crippen LogP contribution in [-0.4, -0.2) is 45.5 Å². The highest BCUT2D eigenvalue weighted by Crippen LogP contribution is 2.38. The first-order valence-corrected chi connectivity index (χ1v) is 13.7. The number of carbonyl (C=O) groups is 2. The third kappa shape index (κ3) is 5.89. The SMILES string of the molecule is CCC(=O)N[C@@H]1CC[C@@H](NC(=O)c2c(C)[nH]c3c(-c4cc(C(F)F)ccc4OCC4CC4)ncnc23)[C@H](C)C1. The Labute approximate surface area is 226 Å². The van der Waals surface area contributed by atoms with Crippen molar-refractivity contribution >= 4 is 22.8 Å². The largest absolute Gasteiger partial charge is 0.493 e. The Bertz CT molecular complexity index is 1370. The van der Waals surface area contributed by atoms with Crippen LogP contribution in [0, 0.1) is 18.8 Å². The van der Waals surface area contributed by atoms with Crippen LogP contribution >= 0.6 is 0 Å². The first-order valence-electron chi connectivity index (χ1n) is 13.7. The van der Waals surface area contributed by atoms with E-state index < -0.39 is 6.43 Å². The highest BCUT2D eigenvalue weighted by Gasteiger charge is 2.31. The third-order valence-corrected chi connectivity index (χ3v) is 7.85. The van der Waals surface area contributed by atoms with Gasteiger partial charge in [0.1, 0.15) is 23.3 Å². The van der Waals surface area contributed by atoms with Gasteiger partial charge in [-0.2, -0.15) is 0 Å². The summed E-state index contributed by atoms with van der Waals surface area (Å²) in [5.41, 5.74) is 2.69. The van der Waals surface area contributed by atoms with Gasteiger partial charge in [0.2, 0.25) is 5.91 Å². The van der Waals surface area contributed by atoms with E-state index in [2.05, 4.69) is 32.5 Å². The van der Waals surface area contributed by atoms with E-state index in [9.17, 15) is 18.4 Å². The number of hydrogen-bond acceptors (Lipinski definition) is 5. The number of H-pyrrole nitrogens is 1. The van der Waals surface area contributed by atoms with Crippen molar-refractivity contribution in [3.8, 4) is 17.0 Å². The van der Waals surface area contributed by atoms with Crippen LogP contribution < -0.4 is 15.4 Å². The number of aromatic amines is 1. The molecule has 2 fully saturated rings. The minimum Gasteiger partial charge on any atom is -0.493 e. The standard InChI is InChI=1S/C29H35F2N5O3/c1-4-23(37)35-19-8-9-21(15(2)11-19)36-29(38)24-16(3)34-27-25(32-14-33-26(24)27)20-12-18(28(30)31)7-10-22(20)39-13-17-5-6-17/h7,10,12,14-15,17,19,21,28,34H,4-6,8-9,11,13H2,1-3H3,(H,35,37)(H,36,38)/t15-,19-,21-/m1/s1. The predicted molar refractivity (Wildman–Crippen MR) is 144 cm³/mol. The van der Waals surface area contributed by atoms with Gasteiger partial charge in [-0.3, -0.25) is 9.59 Å². The molecule has 3 atom stereocenters. The number of aryl methyl sites for hydroxylation is 1. The van der Waals surface area contributed by atoms with Crippen LogP contribution in [-0.2, 0) is 4.79 Å². The summed E-state index contributed by atoms with van der Waals surface area (Å²) in [4.78, 5) is 37.4. The van der Waals surface area contributed by atoms with Gasteiger partial charge in [-0.1, -0.05) is 13.8 Å². The molecule has 2 amide bonds. The number of alkyl halides is 2. The maximum Gasteiger partial charge on any atom is 0.263 e. The number of rotatable bonds is 9. The maximum absolute atomic E-state index is 13.6. The van der Waals surface area contributed by atoms with Gasteiger partial charge in [-0.25, -0.2) is 18.7 Å². The van der Waals surface area contributed by atoms with E-state index in [0.29, 0.717) is 58.2 Å². The molecule has 10 heteroatoms. The van der Waals surface area contributed by atoms with Crippen molar-refractivity contribution in [3.05, 3.63) is 41.3 Å². The van der Waals surface area contributed by atoms with Crippen molar-refractivity contribution < 1.29 is 23.1 Å². The monoisotopic (exact) mass is 539 g/mol. The van der Waals surface area contributed by atoms with Crippen LogP contribution in [0.5, 0.6) is 5.75 Å². The number of halogens is 2. The van der Waals surface area contributed by atoms with Crippen LogP contribution in [0.25, 0.3) is 22.3 Å². The summed E-state index contributed by atoms with van der Waals surface area (Å²) < 4.78 is 33.2. The molecule has 5 rings (SSSR count). The molecule has 0 radical (unpaired) electrons. The zero-order chi connectivity index (χ0) is 27.7. The van der Waals surface area contributed by atoms with E-state index in [1.807, 2.05) is 6.92 Å². The van der Waals surface area contributed by atoms with Crippen LogP contribution in [0.3, 0.4) is 0 Å². The molecule has 3 N–H and O–H groups in total. The summed E-state index contributed by atoms with van der Waals surface area (Å²) in [7, 11) is 0. The molecule has 8 nitrogen and oxygen atoms in total. The lowest BCUT2D eigenvalue weighted by atomic mass is 9.82. The van der Waals surface area contributed by atoms with Gasteiger partial charge in [0.15, 0.2) is 0 Å². The topological polar surface area (TPSA) is 109 Å². The molecule has 0 saturated heterocycles.